The van der Waals surface area contributed by atoms with Crippen molar-refractivity contribution >= 4 is 28.1 Å². The third kappa shape index (κ3) is 3.16. The maximum atomic E-state index is 12.4. The number of nitrogens with zero attached hydrogens (tertiary/aromatic N) is 3. The predicted molar refractivity (Wildman–Crippen MR) is 83.6 cm³/mol. The monoisotopic (exact) mass is 319 g/mol. The molecular formula is C15H17N3O3S. The molecule has 1 unspecified atom stereocenters. The van der Waals surface area contributed by atoms with Gasteiger partial charge in [-0.15, -0.1) is 10.2 Å². The fraction of sp³-hybridized carbons (Fsp3) is 0.400. The van der Waals surface area contributed by atoms with Crippen LogP contribution in [-0.2, 0) is 14.3 Å². The first-order valence-electron chi connectivity index (χ1n) is 7.07. The molecule has 0 radical (unpaired) electrons. The summed E-state index contributed by atoms with van der Waals surface area (Å²) in [5, 5.41) is 9.92. The van der Waals surface area contributed by atoms with E-state index < -0.39 is 0 Å². The van der Waals surface area contributed by atoms with E-state index in [1.54, 1.807) is 4.90 Å². The van der Waals surface area contributed by atoms with Gasteiger partial charge in [0.05, 0.1) is 12.3 Å². The van der Waals surface area contributed by atoms with Crippen LogP contribution >= 0.6 is 11.3 Å². The minimum Gasteiger partial charge on any atom is -0.381 e. The van der Waals surface area contributed by atoms with Gasteiger partial charge in [-0.2, -0.15) is 0 Å². The summed E-state index contributed by atoms with van der Waals surface area (Å²) < 4.78 is 10.4. The summed E-state index contributed by atoms with van der Waals surface area (Å²) in [6, 6.07) is 9.41. The molecule has 1 saturated heterocycles. The Morgan fingerprint density at radius 1 is 1.41 bits per heavy atom. The van der Waals surface area contributed by atoms with Crippen LogP contribution in [-0.4, -0.2) is 43.0 Å². The molecule has 2 aromatic rings. The Kier molecular flexibility index (Phi) is 4.77. The van der Waals surface area contributed by atoms with Crippen LogP contribution in [0.1, 0.15) is 17.3 Å². The summed E-state index contributed by atoms with van der Waals surface area (Å²) in [7, 11) is 1.50. The smallest absolute Gasteiger partial charge is 0.259 e. The molecule has 116 valence electrons. The van der Waals surface area contributed by atoms with Crippen LogP contribution in [0.25, 0.3) is 0 Å². The van der Waals surface area contributed by atoms with Crippen LogP contribution in [0.4, 0.5) is 10.8 Å². The molecule has 1 amide bonds. The van der Waals surface area contributed by atoms with Crippen LogP contribution in [0.5, 0.6) is 0 Å². The Morgan fingerprint density at radius 2 is 2.23 bits per heavy atom. The average molecular weight is 319 g/mol. The molecule has 1 aliphatic rings. The van der Waals surface area contributed by atoms with E-state index in [2.05, 4.69) is 10.2 Å². The second-order valence-corrected chi connectivity index (χ2v) is 5.97. The van der Waals surface area contributed by atoms with Crippen molar-refractivity contribution in [3.63, 3.8) is 0 Å². The van der Waals surface area contributed by atoms with Crippen molar-refractivity contribution in [3.05, 3.63) is 35.3 Å². The van der Waals surface area contributed by atoms with Crippen LogP contribution < -0.4 is 4.90 Å². The Morgan fingerprint density at radius 3 is 2.91 bits per heavy atom. The maximum Gasteiger partial charge on any atom is 0.259 e. The highest BCUT2D eigenvalue weighted by molar-refractivity contribution is 7.15. The van der Waals surface area contributed by atoms with Crippen molar-refractivity contribution < 1.29 is 14.3 Å². The Bertz CT molecular complexity index is 626. The Hall–Kier alpha value is -1.83. The van der Waals surface area contributed by atoms with Gasteiger partial charge in [0.2, 0.25) is 5.13 Å². The standard InChI is InChI=1S/C15H17N3O3S/c1-20-10-13(19)18(12-5-3-2-4-6-12)15-17-16-14(22-15)11-7-8-21-9-11/h2-6,11H,7-10H2,1H3. The van der Waals surface area contributed by atoms with Gasteiger partial charge < -0.3 is 9.47 Å². The molecule has 22 heavy (non-hydrogen) atoms. The molecule has 7 heteroatoms. The molecule has 0 spiro atoms. The van der Waals surface area contributed by atoms with Crippen LogP contribution in [0, 0.1) is 0 Å². The topological polar surface area (TPSA) is 64.5 Å². The number of aromatic nitrogens is 2. The van der Waals surface area contributed by atoms with E-state index in [0.717, 1.165) is 23.7 Å². The van der Waals surface area contributed by atoms with Gasteiger partial charge in [0.25, 0.3) is 5.91 Å². The molecular weight excluding hydrogens is 302 g/mol. The lowest BCUT2D eigenvalue weighted by molar-refractivity contribution is -0.121. The summed E-state index contributed by atoms with van der Waals surface area (Å²) >= 11 is 1.43. The first-order valence-corrected chi connectivity index (χ1v) is 7.89. The fourth-order valence-electron chi connectivity index (χ4n) is 2.34. The minimum absolute atomic E-state index is 0.00362. The average Bonchev–Trinajstić information content (AvgIpc) is 3.20. The zero-order chi connectivity index (χ0) is 15.4. The van der Waals surface area contributed by atoms with E-state index in [1.165, 1.54) is 18.4 Å². The number of ether oxygens (including phenoxy) is 2. The van der Waals surface area contributed by atoms with Crippen LogP contribution in [0.2, 0.25) is 0 Å². The first kappa shape index (κ1) is 15.1. The molecule has 0 bridgehead atoms. The number of hydrogen-bond acceptors (Lipinski definition) is 6. The number of carbonyl (C=O) groups excluding carboxylic acids is 1. The lowest BCUT2D eigenvalue weighted by Gasteiger charge is -2.18. The number of hydrogen-bond donors (Lipinski definition) is 0. The van der Waals surface area contributed by atoms with Gasteiger partial charge in [-0.25, -0.2) is 0 Å². The van der Waals surface area contributed by atoms with E-state index in [0.29, 0.717) is 11.7 Å². The van der Waals surface area contributed by atoms with Crippen LogP contribution in [0.3, 0.4) is 0 Å². The first-order chi connectivity index (χ1) is 10.8. The highest BCUT2D eigenvalue weighted by Crippen LogP contribution is 2.34. The molecule has 1 aromatic carbocycles. The lowest BCUT2D eigenvalue weighted by Crippen LogP contribution is -2.29. The highest BCUT2D eigenvalue weighted by atomic mass is 32.1. The molecule has 0 aliphatic carbocycles. The van der Waals surface area contributed by atoms with Crippen molar-refractivity contribution in [2.75, 3.05) is 31.8 Å². The molecule has 3 rings (SSSR count). The fourth-order valence-corrected chi connectivity index (χ4v) is 3.34. The van der Waals surface area contributed by atoms with Gasteiger partial charge in [0.15, 0.2) is 0 Å². The molecule has 6 nitrogen and oxygen atoms in total. The van der Waals surface area contributed by atoms with E-state index in [1.807, 2.05) is 30.3 Å². The summed E-state index contributed by atoms with van der Waals surface area (Å²) in [5.41, 5.74) is 0.759. The minimum atomic E-state index is -0.168. The largest absolute Gasteiger partial charge is 0.381 e. The second kappa shape index (κ2) is 6.95. The molecule has 1 aliphatic heterocycles. The molecule has 1 fully saturated rings. The van der Waals surface area contributed by atoms with Crippen molar-refractivity contribution in [3.8, 4) is 0 Å². The molecule has 0 saturated carbocycles. The van der Waals surface area contributed by atoms with Gasteiger partial charge in [0, 0.05) is 19.6 Å². The summed E-state index contributed by atoms with van der Waals surface area (Å²) in [6.07, 6.45) is 0.950. The number of anilines is 2. The van der Waals surface area contributed by atoms with E-state index >= 15 is 0 Å². The van der Waals surface area contributed by atoms with Crippen molar-refractivity contribution in [2.45, 2.75) is 12.3 Å². The SMILES string of the molecule is COCC(=O)N(c1ccccc1)c1nnc(C2CCOC2)s1. The lowest BCUT2D eigenvalue weighted by atomic mass is 10.1. The number of rotatable bonds is 5. The van der Waals surface area contributed by atoms with E-state index in [9.17, 15) is 4.79 Å². The van der Waals surface area contributed by atoms with Gasteiger partial charge >= 0.3 is 0 Å². The van der Waals surface area contributed by atoms with Crippen molar-refractivity contribution in [1.82, 2.24) is 10.2 Å². The highest BCUT2D eigenvalue weighted by Gasteiger charge is 2.26. The van der Waals surface area contributed by atoms with E-state index in [-0.39, 0.29) is 18.4 Å². The number of methoxy groups -OCH3 is 1. The van der Waals surface area contributed by atoms with Gasteiger partial charge in [-0.05, 0) is 18.6 Å². The number of benzene rings is 1. The zero-order valence-corrected chi connectivity index (χ0v) is 13.1. The van der Waals surface area contributed by atoms with E-state index in [4.69, 9.17) is 9.47 Å². The quantitative estimate of drug-likeness (QED) is 0.846. The van der Waals surface area contributed by atoms with Crippen molar-refractivity contribution in [1.29, 1.82) is 0 Å². The van der Waals surface area contributed by atoms with Gasteiger partial charge in [-0.1, -0.05) is 29.5 Å². The summed E-state index contributed by atoms with van der Waals surface area (Å²) in [6.45, 7) is 1.42. The number of amides is 1. The summed E-state index contributed by atoms with van der Waals surface area (Å²) in [4.78, 5) is 13.9. The van der Waals surface area contributed by atoms with Gasteiger partial charge in [0.1, 0.15) is 11.6 Å². The molecule has 0 N–H and O–H groups in total. The molecule has 2 heterocycles. The Balaban J connectivity index is 1.90. The summed E-state index contributed by atoms with van der Waals surface area (Å²) in [5.74, 6) is 0.112. The zero-order valence-electron chi connectivity index (χ0n) is 12.3. The normalized spacial score (nSPS) is 17.6. The third-order valence-corrected chi connectivity index (χ3v) is 4.50. The maximum absolute atomic E-state index is 12.4. The third-order valence-electron chi connectivity index (χ3n) is 3.43. The molecule has 1 aromatic heterocycles. The number of carbonyl (C=O) groups is 1. The Labute approximate surface area is 132 Å². The predicted octanol–water partition coefficient (Wildman–Crippen LogP) is 2.35. The van der Waals surface area contributed by atoms with Crippen molar-refractivity contribution in [2.24, 2.45) is 0 Å². The van der Waals surface area contributed by atoms with Gasteiger partial charge in [-0.3, -0.25) is 9.69 Å². The second-order valence-electron chi connectivity index (χ2n) is 4.98. The van der Waals surface area contributed by atoms with Crippen LogP contribution in [0.15, 0.2) is 30.3 Å². The number of para-hydroxylation sites is 1. The molecule has 1 atom stereocenters.